The molecule has 0 saturated carbocycles. The molecule has 0 radical (unpaired) electrons. The molecule has 2 fully saturated rings. The maximum Gasteiger partial charge on any atom is 0.323 e. The Morgan fingerprint density at radius 2 is 1.40 bits per heavy atom. The number of hydrogen-bond donors (Lipinski definition) is 2. The molecule has 2 aliphatic rings. The van der Waals surface area contributed by atoms with Crippen molar-refractivity contribution in [1.29, 1.82) is 0 Å². The number of urea groups is 1. The Kier molecular flexibility index (Phi) is 8.87. The number of carbonyl (C=O) groups is 2. The first-order chi connectivity index (χ1) is 19.4. The quantitative estimate of drug-likeness (QED) is 0.343. The van der Waals surface area contributed by atoms with Crippen molar-refractivity contribution in [1.82, 2.24) is 4.90 Å². The summed E-state index contributed by atoms with van der Waals surface area (Å²) in [5.41, 5.74) is 3.37. The summed E-state index contributed by atoms with van der Waals surface area (Å²) in [6, 6.07) is 18.1. The zero-order chi connectivity index (χ0) is 28.1. The van der Waals surface area contributed by atoms with Gasteiger partial charge < -0.3 is 30.1 Å². The fourth-order valence-corrected chi connectivity index (χ4v) is 5.79. The molecular weight excluding hydrogens is 549 g/mol. The summed E-state index contributed by atoms with van der Waals surface area (Å²) in [5.74, 6) is 0.837. The van der Waals surface area contributed by atoms with Crippen molar-refractivity contribution < 1.29 is 14.3 Å². The molecule has 0 aromatic heterocycles. The van der Waals surface area contributed by atoms with E-state index in [1.807, 2.05) is 35.2 Å². The fourth-order valence-electron chi connectivity index (χ4n) is 5.30. The molecule has 40 heavy (non-hydrogen) atoms. The van der Waals surface area contributed by atoms with Gasteiger partial charge in [-0.3, -0.25) is 4.79 Å². The minimum absolute atomic E-state index is 0.0138. The van der Waals surface area contributed by atoms with Crippen molar-refractivity contribution in [3.63, 3.8) is 0 Å². The van der Waals surface area contributed by atoms with Crippen LogP contribution in [0.15, 0.2) is 60.7 Å². The molecule has 8 nitrogen and oxygen atoms in total. The summed E-state index contributed by atoms with van der Waals surface area (Å²) in [6.45, 7) is 4.55. The Hall–Kier alpha value is -3.62. The van der Waals surface area contributed by atoms with E-state index in [0.717, 1.165) is 75.7 Å². The van der Waals surface area contributed by atoms with Crippen LogP contribution in [0.1, 0.15) is 29.6 Å². The molecule has 0 spiro atoms. The van der Waals surface area contributed by atoms with Crippen molar-refractivity contribution in [3.8, 4) is 5.75 Å². The van der Waals surface area contributed by atoms with Crippen LogP contribution in [0.5, 0.6) is 5.75 Å². The first-order valence-corrected chi connectivity index (χ1v) is 14.3. The van der Waals surface area contributed by atoms with Crippen LogP contribution in [-0.4, -0.2) is 63.2 Å². The van der Waals surface area contributed by atoms with Crippen LogP contribution in [-0.2, 0) is 0 Å². The van der Waals surface area contributed by atoms with Crippen molar-refractivity contribution in [2.75, 3.05) is 66.8 Å². The number of amides is 3. The summed E-state index contributed by atoms with van der Waals surface area (Å²) >= 11 is 12.4. The van der Waals surface area contributed by atoms with Crippen molar-refractivity contribution in [3.05, 3.63) is 76.3 Å². The minimum Gasteiger partial charge on any atom is -0.495 e. The van der Waals surface area contributed by atoms with Gasteiger partial charge in [0.1, 0.15) is 5.75 Å². The number of nitrogens with zero attached hydrogens (tertiary/aromatic N) is 3. The maximum absolute atomic E-state index is 13.8. The van der Waals surface area contributed by atoms with Crippen molar-refractivity contribution in [2.45, 2.75) is 19.3 Å². The van der Waals surface area contributed by atoms with Crippen LogP contribution in [0, 0.1) is 0 Å². The van der Waals surface area contributed by atoms with Crippen LogP contribution in [0.2, 0.25) is 10.0 Å². The zero-order valence-corrected chi connectivity index (χ0v) is 24.0. The molecular formula is C30H33Cl2N5O3. The first-order valence-electron chi connectivity index (χ1n) is 13.5. The highest BCUT2D eigenvalue weighted by Gasteiger charge is 2.27. The predicted octanol–water partition coefficient (Wildman–Crippen LogP) is 6.60. The number of benzene rings is 3. The number of halogens is 2. The van der Waals surface area contributed by atoms with Gasteiger partial charge in [-0.25, -0.2) is 4.79 Å². The molecule has 0 atom stereocenters. The van der Waals surface area contributed by atoms with Crippen molar-refractivity contribution >= 4 is 57.9 Å². The Balaban J connectivity index is 1.36. The molecule has 3 aromatic rings. The van der Waals surface area contributed by atoms with Gasteiger partial charge in [-0.2, -0.15) is 0 Å². The van der Waals surface area contributed by atoms with E-state index in [9.17, 15) is 9.59 Å². The number of nitrogens with one attached hydrogen (secondary N) is 2. The van der Waals surface area contributed by atoms with E-state index in [0.29, 0.717) is 27.0 Å². The second kappa shape index (κ2) is 12.7. The maximum atomic E-state index is 13.8. The molecule has 2 aliphatic heterocycles. The highest BCUT2D eigenvalue weighted by Crippen LogP contribution is 2.33. The van der Waals surface area contributed by atoms with Crippen LogP contribution in [0.4, 0.5) is 27.5 Å². The van der Waals surface area contributed by atoms with Gasteiger partial charge in [-0.15, -0.1) is 0 Å². The third-order valence-electron chi connectivity index (χ3n) is 7.38. The third kappa shape index (κ3) is 6.24. The number of rotatable bonds is 6. The molecule has 10 heteroatoms. The van der Waals surface area contributed by atoms with E-state index in [4.69, 9.17) is 27.9 Å². The fraction of sp³-hybridized carbons (Fsp3) is 0.333. The van der Waals surface area contributed by atoms with Crippen LogP contribution in [0.25, 0.3) is 0 Å². The van der Waals surface area contributed by atoms with Crippen LogP contribution in [0.3, 0.4) is 0 Å². The van der Waals surface area contributed by atoms with Crippen molar-refractivity contribution in [2.24, 2.45) is 0 Å². The smallest absolute Gasteiger partial charge is 0.323 e. The molecule has 2 N–H and O–H groups in total. The average molecular weight is 583 g/mol. The summed E-state index contributed by atoms with van der Waals surface area (Å²) < 4.78 is 5.56. The Bertz CT molecular complexity index is 1350. The molecule has 3 aromatic carbocycles. The number of hydrogen-bond acceptors (Lipinski definition) is 5. The van der Waals surface area contributed by atoms with E-state index in [1.165, 1.54) is 0 Å². The second-order valence-electron chi connectivity index (χ2n) is 9.91. The molecule has 2 saturated heterocycles. The molecule has 0 unspecified atom stereocenters. The lowest BCUT2D eigenvalue weighted by molar-refractivity contribution is 0.0725. The van der Waals surface area contributed by atoms with Crippen LogP contribution < -0.4 is 25.2 Å². The average Bonchev–Trinajstić information content (AvgIpc) is 2.99. The SMILES string of the molecule is COc1ccccc1N1CCN(c2ccc(NC(=O)Nc3c(Cl)cccc3Cl)cc2C(=O)N2CCCCC2)CC1. The Labute approximate surface area is 244 Å². The number of likely N-dealkylation sites (tertiary alicyclic amines) is 1. The Morgan fingerprint density at radius 1 is 0.750 bits per heavy atom. The summed E-state index contributed by atoms with van der Waals surface area (Å²) in [4.78, 5) is 33.0. The number of anilines is 4. The van der Waals surface area contributed by atoms with Gasteiger partial charge in [0.2, 0.25) is 0 Å². The minimum atomic E-state index is -0.496. The lowest BCUT2D eigenvalue weighted by Gasteiger charge is -2.39. The highest BCUT2D eigenvalue weighted by atomic mass is 35.5. The molecule has 3 amide bonds. The van der Waals surface area contributed by atoms with E-state index >= 15 is 0 Å². The Morgan fingerprint density at radius 3 is 2.08 bits per heavy atom. The third-order valence-corrected chi connectivity index (χ3v) is 8.01. The number of methoxy groups -OCH3 is 1. The predicted molar refractivity (Wildman–Crippen MR) is 163 cm³/mol. The molecule has 0 bridgehead atoms. The largest absolute Gasteiger partial charge is 0.495 e. The summed E-state index contributed by atoms with van der Waals surface area (Å²) in [6.07, 6.45) is 3.13. The lowest BCUT2D eigenvalue weighted by Crippen LogP contribution is -2.47. The zero-order valence-electron chi connectivity index (χ0n) is 22.5. The normalized spacial score (nSPS) is 15.5. The van der Waals surface area contributed by atoms with Crippen LogP contribution >= 0.6 is 23.2 Å². The van der Waals surface area contributed by atoms with Gasteiger partial charge in [-0.05, 0) is 61.7 Å². The van der Waals surface area contributed by atoms with Gasteiger partial charge in [-0.1, -0.05) is 41.4 Å². The lowest BCUT2D eigenvalue weighted by atomic mass is 10.1. The number of piperidine rings is 1. The molecule has 5 rings (SSSR count). The number of para-hydroxylation sites is 3. The number of carbonyl (C=O) groups excluding carboxylic acids is 2. The first kappa shape index (κ1) is 27.9. The second-order valence-corrected chi connectivity index (χ2v) is 10.7. The van der Waals surface area contributed by atoms with E-state index < -0.39 is 6.03 Å². The van der Waals surface area contributed by atoms with Gasteiger partial charge in [0, 0.05) is 50.6 Å². The summed E-state index contributed by atoms with van der Waals surface area (Å²) in [7, 11) is 1.69. The van der Waals surface area contributed by atoms with Gasteiger partial charge in [0.05, 0.1) is 34.1 Å². The summed E-state index contributed by atoms with van der Waals surface area (Å²) in [5, 5.41) is 6.23. The molecule has 210 valence electrons. The van der Waals surface area contributed by atoms with Gasteiger partial charge >= 0.3 is 6.03 Å². The molecule has 0 aliphatic carbocycles. The van der Waals surface area contributed by atoms with E-state index in [-0.39, 0.29) is 5.91 Å². The molecule has 2 heterocycles. The van der Waals surface area contributed by atoms with Gasteiger partial charge in [0.25, 0.3) is 5.91 Å². The monoisotopic (exact) mass is 581 g/mol. The van der Waals surface area contributed by atoms with Gasteiger partial charge in [0.15, 0.2) is 0 Å². The topological polar surface area (TPSA) is 77.1 Å². The van der Waals surface area contributed by atoms with E-state index in [2.05, 4.69) is 26.5 Å². The number of ether oxygens (including phenoxy) is 1. The number of piperazine rings is 1. The van der Waals surface area contributed by atoms with E-state index in [1.54, 1.807) is 31.4 Å². The highest BCUT2D eigenvalue weighted by molar-refractivity contribution is 6.39. The standard InChI is InChI=1S/C30H33Cl2N5O3/c1-40-27-11-4-3-10-26(27)36-18-16-35(17-19-36)25-13-12-21(20-22(25)29(38)37-14-5-2-6-15-37)33-30(39)34-28-23(31)8-7-9-24(28)32/h3-4,7-13,20H,2,5-6,14-19H2,1H3,(H2,33,34,39).